The van der Waals surface area contributed by atoms with Crippen molar-refractivity contribution in [1.82, 2.24) is 30.0 Å². The summed E-state index contributed by atoms with van der Waals surface area (Å²) >= 11 is 0. The van der Waals surface area contributed by atoms with E-state index in [-0.39, 0.29) is 35.2 Å². The number of allylic oxidation sites excluding steroid dienone is 2. The average Bonchev–Trinajstić information content (AvgIpc) is 3.28. The molecule has 6 rings (SSSR count). The van der Waals surface area contributed by atoms with Crippen molar-refractivity contribution >= 4 is 23.4 Å². The Morgan fingerprint density at radius 1 is 1.29 bits per heavy atom. The van der Waals surface area contributed by atoms with E-state index in [9.17, 15) is 9.18 Å². The van der Waals surface area contributed by atoms with Gasteiger partial charge in [-0.15, -0.1) is 10.2 Å². The zero-order valence-corrected chi connectivity index (χ0v) is 18.6. The largest absolute Gasteiger partial charge is 0.342 e. The minimum Gasteiger partial charge on any atom is -0.342 e. The molecule has 0 fully saturated rings. The van der Waals surface area contributed by atoms with Gasteiger partial charge in [-0.1, -0.05) is 25.2 Å². The molecule has 1 aromatic carbocycles. The Labute approximate surface area is 195 Å². The van der Waals surface area contributed by atoms with Crippen LogP contribution < -0.4 is 15.5 Å². The summed E-state index contributed by atoms with van der Waals surface area (Å²) in [6.45, 7) is 2.11. The monoisotopic (exact) mass is 458 g/mol. The number of carbonyl (C=O) groups is 1. The van der Waals surface area contributed by atoms with E-state index >= 15 is 0 Å². The van der Waals surface area contributed by atoms with Crippen molar-refractivity contribution in [3.8, 4) is 5.69 Å². The van der Waals surface area contributed by atoms with Crippen LogP contribution in [0.3, 0.4) is 0 Å². The summed E-state index contributed by atoms with van der Waals surface area (Å²) in [4.78, 5) is 23.6. The van der Waals surface area contributed by atoms with Gasteiger partial charge in [-0.2, -0.15) is 4.98 Å². The lowest BCUT2D eigenvalue weighted by atomic mass is 10.1. The Morgan fingerprint density at radius 2 is 2.18 bits per heavy atom. The quantitative estimate of drug-likeness (QED) is 0.540. The van der Waals surface area contributed by atoms with Crippen molar-refractivity contribution in [2.24, 2.45) is 0 Å². The maximum absolute atomic E-state index is 14.8. The lowest BCUT2D eigenvalue weighted by Crippen LogP contribution is -2.34. The Balaban J connectivity index is 1.33. The molecule has 0 radical (unpaired) electrons. The number of aromatic nitrogens is 5. The van der Waals surface area contributed by atoms with Crippen LogP contribution in [0, 0.1) is 5.82 Å². The second kappa shape index (κ2) is 8.05. The highest BCUT2D eigenvalue weighted by molar-refractivity contribution is 5.95. The number of anilines is 3. The summed E-state index contributed by atoms with van der Waals surface area (Å²) in [5, 5.41) is 14.2. The van der Waals surface area contributed by atoms with Gasteiger partial charge in [0.25, 0.3) is 5.91 Å². The number of fused-ring (bicyclic) bond motifs is 3. The van der Waals surface area contributed by atoms with Gasteiger partial charge in [-0.05, 0) is 43.9 Å². The predicted octanol–water partition coefficient (Wildman–Crippen LogP) is 3.95. The molecule has 1 atom stereocenters. The van der Waals surface area contributed by atoms with Crippen molar-refractivity contribution in [1.29, 1.82) is 0 Å². The van der Waals surface area contributed by atoms with E-state index in [4.69, 9.17) is 4.98 Å². The average molecular weight is 459 g/mol. The molecule has 2 aliphatic carbocycles. The van der Waals surface area contributed by atoms with Gasteiger partial charge in [0.2, 0.25) is 5.95 Å². The zero-order chi connectivity index (χ0) is 23.2. The van der Waals surface area contributed by atoms with Crippen LogP contribution >= 0.6 is 0 Å². The number of halogens is 1. The maximum Gasteiger partial charge on any atom is 0.252 e. The van der Waals surface area contributed by atoms with Crippen molar-refractivity contribution in [3.05, 3.63) is 71.9 Å². The minimum atomic E-state index is -0.555. The van der Waals surface area contributed by atoms with Crippen molar-refractivity contribution in [2.45, 2.75) is 44.7 Å². The van der Waals surface area contributed by atoms with Crippen LogP contribution in [0.25, 0.3) is 5.69 Å². The molecule has 0 saturated heterocycles. The Bertz CT molecular complexity index is 1340. The molecule has 2 N–H and O–H groups in total. The van der Waals surface area contributed by atoms with Gasteiger partial charge in [0.15, 0.2) is 11.6 Å². The number of rotatable bonds is 6. The molecule has 1 aliphatic heterocycles. The highest BCUT2D eigenvalue weighted by atomic mass is 19.1. The van der Waals surface area contributed by atoms with Crippen LogP contribution in [-0.4, -0.2) is 36.7 Å². The number of nitrogens with one attached hydrogen (secondary N) is 2. The molecular weight excluding hydrogens is 435 g/mol. The highest BCUT2D eigenvalue weighted by Gasteiger charge is 2.36. The third kappa shape index (κ3) is 3.51. The van der Waals surface area contributed by atoms with Gasteiger partial charge >= 0.3 is 0 Å². The standard InChI is InChI=1S/C24H23FN8O/c1-2-19-22-31-27-13-32(22)20-12-26-24(30-21(20)33(19)16-5-3-4-6-16)29-18-10-7-14(11-17(18)25)23(34)28-15-8-9-15/h5,7-13,15,19H,2-4,6H2,1H3,(H,28,34)(H,26,29,30). The molecule has 3 heterocycles. The maximum atomic E-state index is 14.8. The first-order valence-corrected chi connectivity index (χ1v) is 11.4. The summed E-state index contributed by atoms with van der Waals surface area (Å²) < 4.78 is 16.7. The summed E-state index contributed by atoms with van der Waals surface area (Å²) in [6, 6.07) is 4.28. The molecule has 1 unspecified atom stereocenters. The van der Waals surface area contributed by atoms with E-state index in [1.54, 1.807) is 18.6 Å². The number of hydrogen-bond acceptors (Lipinski definition) is 7. The molecule has 34 heavy (non-hydrogen) atoms. The molecule has 10 heteroatoms. The van der Waals surface area contributed by atoms with E-state index < -0.39 is 5.82 Å². The third-order valence-corrected chi connectivity index (χ3v) is 6.30. The van der Waals surface area contributed by atoms with E-state index in [1.165, 1.54) is 17.8 Å². The predicted molar refractivity (Wildman–Crippen MR) is 124 cm³/mol. The fourth-order valence-corrected chi connectivity index (χ4v) is 4.53. The smallest absolute Gasteiger partial charge is 0.252 e. The summed E-state index contributed by atoms with van der Waals surface area (Å²) in [5.74, 6) is 0.987. The molecule has 3 aromatic rings. The molecular formula is C24H23FN8O. The summed E-state index contributed by atoms with van der Waals surface area (Å²) in [6.07, 6.45) is 13.3. The topological polar surface area (TPSA) is 101 Å². The second-order valence-corrected chi connectivity index (χ2v) is 8.55. The Kier molecular flexibility index (Phi) is 4.86. The molecule has 2 aromatic heterocycles. The van der Waals surface area contributed by atoms with E-state index in [1.807, 2.05) is 16.7 Å². The van der Waals surface area contributed by atoms with Crippen molar-refractivity contribution < 1.29 is 9.18 Å². The number of carbonyl (C=O) groups excluding carboxylic acids is 1. The third-order valence-electron chi connectivity index (χ3n) is 6.30. The number of nitrogens with zero attached hydrogens (tertiary/aromatic N) is 6. The minimum absolute atomic E-state index is 0.00223. The van der Waals surface area contributed by atoms with E-state index in [0.717, 1.165) is 43.0 Å². The summed E-state index contributed by atoms with van der Waals surface area (Å²) in [5.41, 5.74) is 2.44. The normalized spacial score (nSPS) is 18.4. The fourth-order valence-electron chi connectivity index (χ4n) is 4.53. The SMILES string of the molecule is CCC1c2nncn2-c2cnc(Nc3ccc(C(=O)NC4C=C4)cc3F)nc2N1C1=CCCC1. The van der Waals surface area contributed by atoms with Crippen molar-refractivity contribution in [2.75, 3.05) is 10.2 Å². The van der Waals surface area contributed by atoms with Crippen LogP contribution in [0.1, 0.15) is 54.8 Å². The molecule has 3 aliphatic rings. The van der Waals surface area contributed by atoms with Crippen LogP contribution in [0.15, 0.2) is 54.6 Å². The number of benzene rings is 1. The zero-order valence-electron chi connectivity index (χ0n) is 18.6. The molecule has 1 amide bonds. The first-order chi connectivity index (χ1) is 16.6. The van der Waals surface area contributed by atoms with Crippen LogP contribution in [0.2, 0.25) is 0 Å². The van der Waals surface area contributed by atoms with Crippen molar-refractivity contribution in [3.63, 3.8) is 0 Å². The van der Waals surface area contributed by atoms with Gasteiger partial charge in [0.05, 0.1) is 24.0 Å². The lowest BCUT2D eigenvalue weighted by Gasteiger charge is -2.37. The van der Waals surface area contributed by atoms with Crippen LogP contribution in [0.5, 0.6) is 0 Å². The van der Waals surface area contributed by atoms with Gasteiger partial charge in [-0.3, -0.25) is 9.36 Å². The number of amides is 1. The van der Waals surface area contributed by atoms with Crippen LogP contribution in [-0.2, 0) is 0 Å². The first kappa shape index (κ1) is 20.5. The first-order valence-electron chi connectivity index (χ1n) is 11.4. The highest BCUT2D eigenvalue weighted by Crippen LogP contribution is 2.42. The van der Waals surface area contributed by atoms with Crippen LogP contribution in [0.4, 0.5) is 21.8 Å². The Hall–Kier alpha value is -4.08. The van der Waals surface area contributed by atoms with Gasteiger partial charge in [0, 0.05) is 11.3 Å². The molecule has 172 valence electrons. The number of hydrogen-bond donors (Lipinski definition) is 2. The van der Waals surface area contributed by atoms with Gasteiger partial charge in [-0.25, -0.2) is 9.37 Å². The Morgan fingerprint density at radius 3 is 2.91 bits per heavy atom. The van der Waals surface area contributed by atoms with E-state index in [0.29, 0.717) is 0 Å². The fraction of sp³-hybridized carbons (Fsp3) is 0.292. The summed E-state index contributed by atoms with van der Waals surface area (Å²) in [7, 11) is 0. The van der Waals surface area contributed by atoms with Gasteiger partial charge in [0.1, 0.15) is 17.8 Å². The van der Waals surface area contributed by atoms with E-state index in [2.05, 4.69) is 43.7 Å². The molecule has 0 bridgehead atoms. The molecule has 9 nitrogen and oxygen atoms in total. The molecule has 0 spiro atoms. The lowest BCUT2D eigenvalue weighted by molar-refractivity contribution is 0.0953. The van der Waals surface area contributed by atoms with Gasteiger partial charge < -0.3 is 15.5 Å². The second-order valence-electron chi connectivity index (χ2n) is 8.55. The molecule has 0 saturated carbocycles.